The van der Waals surface area contributed by atoms with Crippen molar-refractivity contribution in [3.63, 3.8) is 0 Å². The lowest BCUT2D eigenvalue weighted by Gasteiger charge is -2.27. The topological polar surface area (TPSA) is 12.0 Å². The molecule has 1 nitrogen and oxygen atoms in total. The zero-order valence-electron chi connectivity index (χ0n) is 18.1. The number of halogens is 2. The molecule has 0 aromatic heterocycles. The Morgan fingerprint density at radius 2 is 1.03 bits per heavy atom. The lowest BCUT2D eigenvalue weighted by Crippen LogP contribution is -2.56. The molecule has 0 saturated carbocycles. The van der Waals surface area contributed by atoms with Crippen LogP contribution in [0.15, 0.2) is 24.3 Å². The van der Waals surface area contributed by atoms with Crippen molar-refractivity contribution >= 4 is 128 Å². The van der Waals surface area contributed by atoms with Crippen LogP contribution in [-0.2, 0) is 5.41 Å². The van der Waals surface area contributed by atoms with Gasteiger partial charge in [0, 0.05) is 5.69 Å². The molecule has 0 aliphatic carbocycles. The van der Waals surface area contributed by atoms with Gasteiger partial charge in [-0.2, -0.15) is 0 Å². The maximum absolute atomic E-state index is 6.50. The lowest BCUT2D eigenvalue weighted by atomic mass is 9.58. The second kappa shape index (κ2) is 9.03. The van der Waals surface area contributed by atoms with E-state index in [9.17, 15) is 0 Å². The molecule has 0 aliphatic heterocycles. The Labute approximate surface area is 209 Å². The van der Waals surface area contributed by atoms with Crippen LogP contribution in [0.5, 0.6) is 0 Å². The van der Waals surface area contributed by atoms with Crippen molar-refractivity contribution in [1.29, 1.82) is 0 Å². The van der Waals surface area contributed by atoms with E-state index in [2.05, 4.69) is 26.1 Å². The Bertz CT molecular complexity index is 1190. The van der Waals surface area contributed by atoms with E-state index in [1.165, 1.54) is 5.56 Å². The maximum atomic E-state index is 6.50. The summed E-state index contributed by atoms with van der Waals surface area (Å²) in [6, 6.07) is 7.87. The molecule has 10 heteroatoms. The summed E-state index contributed by atoms with van der Waals surface area (Å²) < 4.78 is 0. The van der Waals surface area contributed by atoms with Gasteiger partial charge in [0.25, 0.3) is 0 Å². The number of nitrogens with one attached hydrogen (secondary N) is 1. The maximum Gasteiger partial charge on any atom is 0.117 e. The molecule has 0 amide bonds. The van der Waals surface area contributed by atoms with Crippen LogP contribution in [0.2, 0.25) is 10.0 Å². The first kappa shape index (κ1) is 25.1. The first-order chi connectivity index (χ1) is 14.8. The lowest BCUT2D eigenvalue weighted by molar-refractivity contribution is 0.590. The molecular weight excluding hydrogens is 425 g/mol. The minimum Gasteiger partial charge on any atom is -0.355 e. The van der Waals surface area contributed by atoms with Gasteiger partial charge in [0.2, 0.25) is 0 Å². The first-order valence-electron chi connectivity index (χ1n) is 9.72. The van der Waals surface area contributed by atoms with Crippen molar-refractivity contribution in [2.45, 2.75) is 26.2 Å². The summed E-state index contributed by atoms with van der Waals surface area (Å²) >= 11 is 13.0. The van der Waals surface area contributed by atoms with Gasteiger partial charge in [-0.15, -0.1) is 16.4 Å². The zero-order chi connectivity index (χ0) is 24.1. The van der Waals surface area contributed by atoms with Crippen molar-refractivity contribution in [2.24, 2.45) is 0 Å². The Hall–Kier alpha value is -1.51. The van der Waals surface area contributed by atoms with Crippen LogP contribution in [0.4, 0.5) is 11.4 Å². The summed E-state index contributed by atoms with van der Waals surface area (Å²) in [7, 11) is 43.2. The third-order valence-electron chi connectivity index (χ3n) is 5.43. The third kappa shape index (κ3) is 4.33. The number of rotatable bonds is 3. The molecule has 0 heterocycles. The molecule has 1 N–H and O–H groups in total. The first-order valence-corrected chi connectivity index (χ1v) is 10.5. The third-order valence-corrected chi connectivity index (χ3v) is 6.29. The highest BCUT2D eigenvalue weighted by Crippen LogP contribution is 2.33. The van der Waals surface area contributed by atoms with Crippen LogP contribution in [0, 0.1) is 0 Å². The molecule has 0 saturated heterocycles. The Balaban J connectivity index is 2.23. The van der Waals surface area contributed by atoms with Crippen molar-refractivity contribution < 1.29 is 0 Å². The Morgan fingerprint density at radius 1 is 0.594 bits per heavy atom. The Morgan fingerprint density at radius 3 is 1.50 bits per heavy atom. The molecule has 3 rings (SSSR count). The van der Waals surface area contributed by atoms with E-state index in [-0.39, 0.29) is 64.8 Å². The highest BCUT2D eigenvalue weighted by atomic mass is 35.5. The summed E-state index contributed by atoms with van der Waals surface area (Å²) in [6.07, 6.45) is 0. The Kier molecular flexibility index (Phi) is 7.09. The van der Waals surface area contributed by atoms with E-state index in [1.54, 1.807) is 0 Å². The van der Waals surface area contributed by atoms with E-state index >= 15 is 0 Å². The second-order valence-corrected chi connectivity index (χ2v) is 9.36. The van der Waals surface area contributed by atoms with Gasteiger partial charge in [0.1, 0.15) is 54.9 Å². The summed E-state index contributed by atoms with van der Waals surface area (Å²) in [6.45, 7) is 6.40. The minimum atomic E-state index is 0.0109. The van der Waals surface area contributed by atoms with E-state index < -0.39 is 0 Å². The summed E-state index contributed by atoms with van der Waals surface area (Å²) in [5, 5.41) is 3.44. The fourth-order valence-electron chi connectivity index (χ4n) is 3.43. The van der Waals surface area contributed by atoms with E-state index in [4.69, 9.17) is 78.1 Å². The zero-order valence-corrected chi connectivity index (χ0v) is 19.6. The van der Waals surface area contributed by atoms with E-state index in [0.717, 1.165) is 5.69 Å². The van der Waals surface area contributed by atoms with Gasteiger partial charge in [-0.1, -0.05) is 78.0 Å². The number of hydrogen-bond donors (Lipinski definition) is 1. The average Bonchev–Trinajstić information content (AvgIpc) is 2.74. The number of anilines is 2. The molecule has 32 heavy (non-hydrogen) atoms. The summed E-state index contributed by atoms with van der Waals surface area (Å²) in [4.78, 5) is 0. The van der Waals surface area contributed by atoms with Gasteiger partial charge in [0.15, 0.2) is 0 Å². The van der Waals surface area contributed by atoms with Gasteiger partial charge in [-0.25, -0.2) is 0 Å². The molecule has 3 aromatic rings. The predicted octanol–water partition coefficient (Wildman–Crippen LogP) is -0.742. The molecule has 0 unspecified atom stereocenters. The van der Waals surface area contributed by atoms with Crippen LogP contribution in [0.1, 0.15) is 26.3 Å². The van der Waals surface area contributed by atoms with Crippen LogP contribution in [-0.4, -0.2) is 54.9 Å². The quantitative estimate of drug-likeness (QED) is 0.531. The van der Waals surface area contributed by atoms with Crippen LogP contribution >= 0.6 is 23.2 Å². The summed E-state index contributed by atoms with van der Waals surface area (Å²) in [5.74, 6) is 0. The molecule has 142 valence electrons. The molecule has 0 fully saturated rings. The standard InChI is InChI=1S/C22H14B7Cl2N/c1-22(2,3)8-4-6-9(7-5-8)32-21-15(26)11(14(25)19(30)20(21)31)10-12(23)16(27)18(29)17(28)13(10)24/h4-7,32H,1-3H3. The summed E-state index contributed by atoms with van der Waals surface area (Å²) in [5.41, 5.74) is 3.46. The SMILES string of the molecule is [B]c1c([B])c([B])c(-c2c([B])c(Cl)c(Cl)c(Nc3ccc(C(C)(C)C)cc3)c2[B])c([B])c1[B]. The van der Waals surface area contributed by atoms with Crippen molar-refractivity contribution in [3.05, 3.63) is 39.9 Å². The fourth-order valence-corrected chi connectivity index (χ4v) is 3.87. The van der Waals surface area contributed by atoms with Crippen molar-refractivity contribution in [1.82, 2.24) is 0 Å². The van der Waals surface area contributed by atoms with Gasteiger partial charge in [0.05, 0.1) is 15.7 Å². The molecule has 3 aromatic carbocycles. The molecule has 0 spiro atoms. The fraction of sp³-hybridized carbons (Fsp3) is 0.182. The van der Waals surface area contributed by atoms with E-state index in [0.29, 0.717) is 5.69 Å². The predicted molar refractivity (Wildman–Crippen MR) is 148 cm³/mol. The van der Waals surface area contributed by atoms with Gasteiger partial charge >= 0.3 is 0 Å². The molecule has 0 aliphatic rings. The minimum absolute atomic E-state index is 0.0109. The van der Waals surface area contributed by atoms with Crippen LogP contribution in [0.3, 0.4) is 0 Å². The smallest absolute Gasteiger partial charge is 0.117 e. The van der Waals surface area contributed by atoms with Crippen molar-refractivity contribution in [2.75, 3.05) is 5.32 Å². The average molecular weight is 439 g/mol. The van der Waals surface area contributed by atoms with Crippen LogP contribution < -0.4 is 43.6 Å². The van der Waals surface area contributed by atoms with Gasteiger partial charge in [-0.3, -0.25) is 0 Å². The molecular formula is C22H14B7Cl2N. The highest BCUT2D eigenvalue weighted by Gasteiger charge is 2.22. The number of benzene rings is 3. The van der Waals surface area contributed by atoms with E-state index in [1.807, 2.05) is 24.3 Å². The van der Waals surface area contributed by atoms with Gasteiger partial charge < -0.3 is 5.32 Å². The second-order valence-electron chi connectivity index (χ2n) is 8.60. The monoisotopic (exact) mass is 439 g/mol. The largest absolute Gasteiger partial charge is 0.355 e. The normalized spacial score (nSPS) is 11.5. The number of hydrogen-bond acceptors (Lipinski definition) is 1. The van der Waals surface area contributed by atoms with Gasteiger partial charge in [-0.05, 0) is 34.2 Å². The van der Waals surface area contributed by atoms with Crippen LogP contribution in [0.25, 0.3) is 11.1 Å². The molecule has 0 atom stereocenters. The molecule has 14 radical (unpaired) electrons. The van der Waals surface area contributed by atoms with Crippen molar-refractivity contribution in [3.8, 4) is 11.1 Å². The molecule has 0 bridgehead atoms. The highest BCUT2D eigenvalue weighted by molar-refractivity contribution is 6.70.